The molecular weight excluding hydrogens is 432 g/mol. The molecule has 0 aliphatic carbocycles. The summed E-state index contributed by atoms with van der Waals surface area (Å²) in [4.78, 5) is 30.2. The van der Waals surface area contributed by atoms with Crippen molar-refractivity contribution in [2.45, 2.75) is 11.4 Å². The first-order valence-electron chi connectivity index (χ1n) is 11.1. The second-order valence-electron chi connectivity index (χ2n) is 8.30. The maximum atomic E-state index is 12.7. The molecule has 0 spiro atoms. The van der Waals surface area contributed by atoms with E-state index in [4.69, 9.17) is 0 Å². The third-order valence-electron chi connectivity index (χ3n) is 5.99. The highest BCUT2D eigenvalue weighted by molar-refractivity contribution is 8.00. The van der Waals surface area contributed by atoms with Crippen LogP contribution in [-0.2, 0) is 11.3 Å². The van der Waals surface area contributed by atoms with Gasteiger partial charge < -0.3 is 15.5 Å². The van der Waals surface area contributed by atoms with E-state index in [-0.39, 0.29) is 11.8 Å². The van der Waals surface area contributed by atoms with Gasteiger partial charge in [-0.1, -0.05) is 30.3 Å². The maximum absolute atomic E-state index is 12.7. The Morgan fingerprint density at radius 1 is 0.939 bits per heavy atom. The molecular formula is C26H26N4O2S. The Labute approximate surface area is 198 Å². The second kappa shape index (κ2) is 9.68. The van der Waals surface area contributed by atoms with Crippen LogP contribution < -0.4 is 15.5 Å². The van der Waals surface area contributed by atoms with Gasteiger partial charge in [0.15, 0.2) is 0 Å². The first-order chi connectivity index (χ1) is 16.1. The van der Waals surface area contributed by atoms with Crippen molar-refractivity contribution in [3.05, 3.63) is 83.9 Å². The monoisotopic (exact) mass is 458 g/mol. The number of amides is 2. The van der Waals surface area contributed by atoms with Gasteiger partial charge in [-0.3, -0.25) is 14.5 Å². The number of carbonyl (C=O) groups is 2. The van der Waals surface area contributed by atoms with E-state index in [1.165, 1.54) is 23.0 Å². The van der Waals surface area contributed by atoms with Crippen molar-refractivity contribution in [2.24, 2.45) is 0 Å². The molecule has 0 unspecified atom stereocenters. The summed E-state index contributed by atoms with van der Waals surface area (Å²) >= 11 is 1.49. The minimum Gasteiger partial charge on any atom is -0.369 e. The number of piperazine rings is 1. The van der Waals surface area contributed by atoms with E-state index in [9.17, 15) is 9.59 Å². The topological polar surface area (TPSA) is 64.7 Å². The van der Waals surface area contributed by atoms with E-state index >= 15 is 0 Å². The van der Waals surface area contributed by atoms with E-state index in [1.54, 1.807) is 12.1 Å². The van der Waals surface area contributed by atoms with Crippen molar-refractivity contribution in [3.8, 4) is 0 Å². The zero-order valence-corrected chi connectivity index (χ0v) is 19.1. The molecule has 1 saturated heterocycles. The van der Waals surface area contributed by atoms with E-state index in [2.05, 4.69) is 62.9 Å². The number of fused-ring (bicyclic) bond motifs is 1. The summed E-state index contributed by atoms with van der Waals surface area (Å²) in [6.45, 7) is 5.01. The van der Waals surface area contributed by atoms with E-state index < -0.39 is 0 Å². The first-order valence-corrected chi connectivity index (χ1v) is 12.1. The zero-order valence-electron chi connectivity index (χ0n) is 18.3. The van der Waals surface area contributed by atoms with Gasteiger partial charge in [-0.25, -0.2) is 0 Å². The van der Waals surface area contributed by atoms with Gasteiger partial charge in [-0.15, -0.1) is 11.8 Å². The summed E-state index contributed by atoms with van der Waals surface area (Å²) in [5, 5.41) is 5.79. The van der Waals surface area contributed by atoms with Crippen molar-refractivity contribution in [3.63, 3.8) is 0 Å². The molecule has 7 heteroatoms. The molecule has 1 fully saturated rings. The maximum Gasteiger partial charge on any atom is 0.255 e. The number of hydrogen-bond donors (Lipinski definition) is 2. The fourth-order valence-corrected chi connectivity index (χ4v) is 4.98. The van der Waals surface area contributed by atoms with Crippen LogP contribution in [-0.4, -0.2) is 48.6 Å². The Bertz CT molecular complexity index is 1140. The molecule has 0 bridgehead atoms. The molecule has 3 aromatic carbocycles. The minimum atomic E-state index is -0.190. The molecule has 0 radical (unpaired) electrons. The predicted molar refractivity (Wildman–Crippen MR) is 134 cm³/mol. The number of thioether (sulfide) groups is 1. The van der Waals surface area contributed by atoms with Crippen molar-refractivity contribution >= 4 is 40.6 Å². The summed E-state index contributed by atoms with van der Waals surface area (Å²) in [5.41, 5.74) is 4.50. The summed E-state index contributed by atoms with van der Waals surface area (Å²) in [6, 6.07) is 24.0. The lowest BCUT2D eigenvalue weighted by molar-refractivity contribution is -0.113. The van der Waals surface area contributed by atoms with Crippen LogP contribution in [0.4, 0.5) is 17.1 Å². The third-order valence-corrected chi connectivity index (χ3v) is 7.06. The summed E-state index contributed by atoms with van der Waals surface area (Å²) in [7, 11) is 0. The molecule has 2 amide bonds. The van der Waals surface area contributed by atoms with Crippen LogP contribution in [0.1, 0.15) is 15.9 Å². The smallest absolute Gasteiger partial charge is 0.255 e. The molecule has 5 rings (SSSR count). The lowest BCUT2D eigenvalue weighted by Crippen LogP contribution is -2.45. The van der Waals surface area contributed by atoms with Crippen molar-refractivity contribution in [1.29, 1.82) is 0 Å². The van der Waals surface area contributed by atoms with Crippen LogP contribution in [0, 0.1) is 0 Å². The van der Waals surface area contributed by atoms with Crippen molar-refractivity contribution in [1.82, 2.24) is 4.90 Å². The fourth-order valence-electron chi connectivity index (χ4n) is 4.19. The Morgan fingerprint density at radius 3 is 2.45 bits per heavy atom. The molecule has 6 nitrogen and oxygen atoms in total. The highest BCUT2D eigenvalue weighted by atomic mass is 32.2. The van der Waals surface area contributed by atoms with Gasteiger partial charge in [0.1, 0.15) is 0 Å². The number of carbonyl (C=O) groups excluding carboxylic acids is 2. The van der Waals surface area contributed by atoms with Crippen LogP contribution in [0.15, 0.2) is 77.7 Å². The average molecular weight is 459 g/mol. The Morgan fingerprint density at radius 2 is 1.70 bits per heavy atom. The van der Waals surface area contributed by atoms with Gasteiger partial charge >= 0.3 is 0 Å². The van der Waals surface area contributed by atoms with Gasteiger partial charge in [0, 0.05) is 54.6 Å². The second-order valence-corrected chi connectivity index (χ2v) is 9.31. The molecule has 2 aliphatic heterocycles. The number of benzene rings is 3. The fraction of sp³-hybridized carbons (Fsp3) is 0.231. The highest BCUT2D eigenvalue weighted by Gasteiger charge is 2.19. The number of rotatable bonds is 5. The van der Waals surface area contributed by atoms with Gasteiger partial charge in [-0.2, -0.15) is 0 Å². The number of nitrogens with zero attached hydrogens (tertiary/aromatic N) is 2. The number of anilines is 3. The van der Waals surface area contributed by atoms with Crippen LogP contribution in [0.5, 0.6) is 0 Å². The molecule has 0 aromatic heterocycles. The molecule has 168 valence electrons. The molecule has 2 heterocycles. The quantitative estimate of drug-likeness (QED) is 0.597. The van der Waals surface area contributed by atoms with Crippen molar-refractivity contribution in [2.75, 3.05) is 47.5 Å². The van der Waals surface area contributed by atoms with Crippen LogP contribution in [0.2, 0.25) is 0 Å². The Hall–Kier alpha value is -3.29. The average Bonchev–Trinajstić information content (AvgIpc) is 2.85. The molecule has 2 aliphatic rings. The standard InChI is InChI=1S/C26H26N4O2S/c31-25-18-33-24-11-6-20(16-23(24)28-25)26(32)27-21-7-9-22(10-8-21)30-14-12-29(13-15-30)17-19-4-2-1-3-5-19/h1-11,16H,12-15,17-18H2,(H,27,32)(H,28,31). The van der Waals surface area contributed by atoms with Gasteiger partial charge in [0.2, 0.25) is 5.91 Å². The number of nitrogens with one attached hydrogen (secondary N) is 2. The molecule has 0 saturated carbocycles. The van der Waals surface area contributed by atoms with E-state index in [0.29, 0.717) is 17.0 Å². The molecule has 3 aromatic rings. The van der Waals surface area contributed by atoms with Gasteiger partial charge in [0.05, 0.1) is 11.4 Å². The summed E-state index contributed by atoms with van der Waals surface area (Å²) in [6.07, 6.45) is 0. The van der Waals surface area contributed by atoms with Gasteiger partial charge in [0.25, 0.3) is 5.91 Å². The summed E-state index contributed by atoms with van der Waals surface area (Å²) in [5.74, 6) is 0.180. The van der Waals surface area contributed by atoms with E-state index in [0.717, 1.165) is 43.3 Å². The first kappa shape index (κ1) is 21.6. The lowest BCUT2D eigenvalue weighted by Gasteiger charge is -2.36. The normalized spacial score (nSPS) is 16.1. The van der Waals surface area contributed by atoms with E-state index in [1.807, 2.05) is 18.2 Å². The van der Waals surface area contributed by atoms with Crippen LogP contribution in [0.3, 0.4) is 0 Å². The van der Waals surface area contributed by atoms with Crippen molar-refractivity contribution < 1.29 is 9.59 Å². The number of hydrogen-bond acceptors (Lipinski definition) is 5. The highest BCUT2D eigenvalue weighted by Crippen LogP contribution is 2.32. The summed E-state index contributed by atoms with van der Waals surface area (Å²) < 4.78 is 0. The zero-order chi connectivity index (χ0) is 22.6. The SMILES string of the molecule is O=C1CSc2ccc(C(=O)Nc3ccc(N4CCN(Cc5ccccc5)CC4)cc3)cc2N1. The Kier molecular flexibility index (Phi) is 6.32. The van der Waals surface area contributed by atoms with Crippen LogP contribution in [0.25, 0.3) is 0 Å². The Balaban J connectivity index is 1.16. The molecule has 33 heavy (non-hydrogen) atoms. The molecule has 0 atom stereocenters. The minimum absolute atomic E-state index is 0.0402. The molecule has 2 N–H and O–H groups in total. The predicted octanol–water partition coefficient (Wildman–Crippen LogP) is 4.31. The lowest BCUT2D eigenvalue weighted by atomic mass is 10.1. The van der Waals surface area contributed by atoms with Crippen LogP contribution >= 0.6 is 11.8 Å². The largest absolute Gasteiger partial charge is 0.369 e. The third kappa shape index (κ3) is 5.21. The van der Waals surface area contributed by atoms with Gasteiger partial charge in [-0.05, 0) is 48.0 Å².